The summed E-state index contributed by atoms with van der Waals surface area (Å²) in [7, 11) is 0. The normalized spacial score (nSPS) is 17.3. The first kappa shape index (κ1) is 14.9. The molecule has 2 rings (SSSR count). The molecule has 1 aliphatic rings. The number of carbonyl (C=O) groups is 1. The number of hydrogen-bond donors (Lipinski definition) is 1. The van der Waals surface area contributed by atoms with Crippen LogP contribution in [0.25, 0.3) is 0 Å². The molecule has 0 aromatic heterocycles. The third kappa shape index (κ3) is 2.97. The number of carbonyl (C=O) groups excluding carboxylic acids is 1. The van der Waals surface area contributed by atoms with E-state index in [1.54, 1.807) is 0 Å². The molecular formula is C17H26N2O. The Labute approximate surface area is 122 Å². The van der Waals surface area contributed by atoms with Gasteiger partial charge in [-0.2, -0.15) is 0 Å². The number of amides is 1. The van der Waals surface area contributed by atoms with Gasteiger partial charge in [0.05, 0.1) is 5.56 Å². The standard InChI is InChI=1S/C17H26N2O/c1-5-10-18-15-8-7-13(2)12-14(15)16(20)19-11-6-9-17(19,3)4/h7-8,12,18H,5-6,9-11H2,1-4H3. The number of likely N-dealkylation sites (tertiary alicyclic amines) is 1. The van der Waals surface area contributed by atoms with Crippen molar-refractivity contribution in [3.8, 4) is 0 Å². The maximum Gasteiger partial charge on any atom is 0.256 e. The van der Waals surface area contributed by atoms with Gasteiger partial charge in [0, 0.05) is 24.3 Å². The average molecular weight is 274 g/mol. The lowest BCUT2D eigenvalue weighted by atomic mass is 10.0. The van der Waals surface area contributed by atoms with Crippen molar-refractivity contribution in [1.29, 1.82) is 0 Å². The van der Waals surface area contributed by atoms with Gasteiger partial charge in [0.15, 0.2) is 0 Å². The highest BCUT2D eigenvalue weighted by Crippen LogP contribution is 2.31. The lowest BCUT2D eigenvalue weighted by Gasteiger charge is -2.32. The van der Waals surface area contributed by atoms with Crippen LogP contribution in [0.4, 0.5) is 5.69 Å². The van der Waals surface area contributed by atoms with E-state index in [0.717, 1.165) is 49.2 Å². The molecule has 110 valence electrons. The first-order chi connectivity index (χ1) is 9.45. The van der Waals surface area contributed by atoms with Crippen LogP contribution in [0.1, 0.15) is 56.0 Å². The van der Waals surface area contributed by atoms with Gasteiger partial charge in [-0.05, 0) is 52.2 Å². The lowest BCUT2D eigenvalue weighted by Crippen LogP contribution is -2.42. The Balaban J connectivity index is 2.30. The maximum absolute atomic E-state index is 12.9. The van der Waals surface area contributed by atoms with Crippen molar-refractivity contribution in [3.63, 3.8) is 0 Å². The number of anilines is 1. The van der Waals surface area contributed by atoms with E-state index in [4.69, 9.17) is 0 Å². The van der Waals surface area contributed by atoms with Crippen molar-refractivity contribution < 1.29 is 4.79 Å². The van der Waals surface area contributed by atoms with E-state index in [0.29, 0.717) is 0 Å². The first-order valence-corrected chi connectivity index (χ1v) is 7.62. The van der Waals surface area contributed by atoms with Crippen molar-refractivity contribution in [3.05, 3.63) is 29.3 Å². The van der Waals surface area contributed by atoms with Crippen LogP contribution in [-0.4, -0.2) is 29.4 Å². The predicted octanol–water partition coefficient (Wildman–Crippen LogP) is 3.83. The van der Waals surface area contributed by atoms with Crippen LogP contribution < -0.4 is 5.32 Å². The zero-order chi connectivity index (χ0) is 14.8. The van der Waals surface area contributed by atoms with Crippen LogP contribution in [0, 0.1) is 6.92 Å². The average Bonchev–Trinajstić information content (AvgIpc) is 2.76. The molecule has 0 radical (unpaired) electrons. The predicted molar refractivity (Wildman–Crippen MR) is 84.3 cm³/mol. The summed E-state index contributed by atoms with van der Waals surface area (Å²) in [5.74, 6) is 0.162. The quantitative estimate of drug-likeness (QED) is 0.905. The molecule has 1 heterocycles. The Hall–Kier alpha value is -1.51. The van der Waals surface area contributed by atoms with Crippen LogP contribution in [0.3, 0.4) is 0 Å². The van der Waals surface area contributed by atoms with Gasteiger partial charge in [-0.1, -0.05) is 18.6 Å². The minimum absolute atomic E-state index is 0.0249. The Bertz CT molecular complexity index is 494. The van der Waals surface area contributed by atoms with E-state index >= 15 is 0 Å². The molecule has 0 atom stereocenters. The summed E-state index contributed by atoms with van der Waals surface area (Å²) in [4.78, 5) is 14.9. The summed E-state index contributed by atoms with van der Waals surface area (Å²) in [5.41, 5.74) is 2.88. The van der Waals surface area contributed by atoms with Gasteiger partial charge in [0.2, 0.25) is 0 Å². The smallest absolute Gasteiger partial charge is 0.256 e. The number of hydrogen-bond acceptors (Lipinski definition) is 2. The Morgan fingerprint density at radius 3 is 2.75 bits per heavy atom. The zero-order valence-electron chi connectivity index (χ0n) is 13.1. The molecule has 1 aromatic rings. The molecule has 3 heteroatoms. The second-order valence-corrected chi connectivity index (χ2v) is 6.35. The topological polar surface area (TPSA) is 32.3 Å². The molecule has 1 aromatic carbocycles. The van der Waals surface area contributed by atoms with Gasteiger partial charge in [0.25, 0.3) is 5.91 Å². The van der Waals surface area contributed by atoms with E-state index in [1.807, 2.05) is 24.0 Å². The first-order valence-electron chi connectivity index (χ1n) is 7.62. The van der Waals surface area contributed by atoms with E-state index in [-0.39, 0.29) is 11.4 Å². The fourth-order valence-corrected chi connectivity index (χ4v) is 2.88. The molecule has 1 fully saturated rings. The molecule has 1 aliphatic heterocycles. The highest BCUT2D eigenvalue weighted by Gasteiger charge is 2.36. The van der Waals surface area contributed by atoms with Gasteiger partial charge in [-0.3, -0.25) is 4.79 Å². The second-order valence-electron chi connectivity index (χ2n) is 6.35. The van der Waals surface area contributed by atoms with Gasteiger partial charge in [-0.25, -0.2) is 0 Å². The highest BCUT2D eigenvalue weighted by molar-refractivity contribution is 6.00. The van der Waals surface area contributed by atoms with Crippen molar-refractivity contribution in [2.24, 2.45) is 0 Å². The fraction of sp³-hybridized carbons (Fsp3) is 0.588. The highest BCUT2D eigenvalue weighted by atomic mass is 16.2. The monoisotopic (exact) mass is 274 g/mol. The van der Waals surface area contributed by atoms with Crippen molar-refractivity contribution >= 4 is 11.6 Å². The summed E-state index contributed by atoms with van der Waals surface area (Å²) in [6, 6.07) is 6.10. The number of nitrogens with one attached hydrogen (secondary N) is 1. The number of rotatable bonds is 4. The van der Waals surface area contributed by atoms with Gasteiger partial charge >= 0.3 is 0 Å². The molecule has 3 nitrogen and oxygen atoms in total. The number of nitrogens with zero attached hydrogens (tertiary/aromatic N) is 1. The van der Waals surface area contributed by atoms with Crippen molar-refractivity contribution in [2.75, 3.05) is 18.4 Å². The summed E-state index contributed by atoms with van der Waals surface area (Å²) >= 11 is 0. The number of benzene rings is 1. The minimum atomic E-state index is -0.0249. The van der Waals surface area contributed by atoms with Crippen molar-refractivity contribution in [2.45, 2.75) is 52.5 Å². The molecule has 1 N–H and O–H groups in total. The molecule has 0 saturated carbocycles. The van der Waals surface area contributed by atoms with E-state index in [2.05, 4.69) is 32.2 Å². The van der Waals surface area contributed by atoms with E-state index in [1.165, 1.54) is 0 Å². The lowest BCUT2D eigenvalue weighted by molar-refractivity contribution is 0.0653. The summed E-state index contributed by atoms with van der Waals surface area (Å²) in [6.45, 7) is 10.3. The minimum Gasteiger partial charge on any atom is -0.384 e. The summed E-state index contributed by atoms with van der Waals surface area (Å²) < 4.78 is 0. The molecule has 1 amide bonds. The SMILES string of the molecule is CCCNc1ccc(C)cc1C(=O)N1CCCC1(C)C. The summed E-state index contributed by atoms with van der Waals surface area (Å²) in [5, 5.41) is 3.37. The van der Waals surface area contributed by atoms with Crippen LogP contribution in [0.5, 0.6) is 0 Å². The molecule has 20 heavy (non-hydrogen) atoms. The maximum atomic E-state index is 12.9. The molecular weight excluding hydrogens is 248 g/mol. The van der Waals surface area contributed by atoms with Gasteiger partial charge < -0.3 is 10.2 Å². The second kappa shape index (κ2) is 5.86. The number of aryl methyl sites for hydroxylation is 1. The largest absolute Gasteiger partial charge is 0.384 e. The van der Waals surface area contributed by atoms with Gasteiger partial charge in [-0.15, -0.1) is 0 Å². The molecule has 0 unspecified atom stereocenters. The molecule has 1 saturated heterocycles. The van der Waals surface area contributed by atoms with Gasteiger partial charge in [0.1, 0.15) is 0 Å². The fourth-order valence-electron chi connectivity index (χ4n) is 2.88. The molecule has 0 spiro atoms. The third-order valence-corrected chi connectivity index (χ3v) is 4.12. The van der Waals surface area contributed by atoms with Crippen LogP contribution in [0.2, 0.25) is 0 Å². The van der Waals surface area contributed by atoms with Crippen LogP contribution in [-0.2, 0) is 0 Å². The Kier molecular flexibility index (Phi) is 4.36. The van der Waals surface area contributed by atoms with E-state index in [9.17, 15) is 4.79 Å². The van der Waals surface area contributed by atoms with Crippen LogP contribution in [0.15, 0.2) is 18.2 Å². The van der Waals surface area contributed by atoms with Crippen molar-refractivity contribution in [1.82, 2.24) is 4.90 Å². The molecule has 0 aliphatic carbocycles. The summed E-state index contributed by atoms with van der Waals surface area (Å²) in [6.07, 6.45) is 3.24. The Morgan fingerprint density at radius 1 is 1.40 bits per heavy atom. The molecule has 0 bridgehead atoms. The zero-order valence-corrected chi connectivity index (χ0v) is 13.1. The van der Waals surface area contributed by atoms with Crippen LogP contribution >= 0.6 is 0 Å². The third-order valence-electron chi connectivity index (χ3n) is 4.12. The van der Waals surface area contributed by atoms with E-state index < -0.39 is 0 Å². The Morgan fingerprint density at radius 2 is 2.15 bits per heavy atom.